The predicted octanol–water partition coefficient (Wildman–Crippen LogP) is 4.33. The molecule has 30 heavy (non-hydrogen) atoms. The second kappa shape index (κ2) is 9.65. The molecule has 6 nitrogen and oxygen atoms in total. The summed E-state index contributed by atoms with van der Waals surface area (Å²) in [5.74, 6) is 1.97. The first kappa shape index (κ1) is 20.3. The third-order valence-corrected chi connectivity index (χ3v) is 5.76. The molecule has 0 spiro atoms. The second-order valence-electron chi connectivity index (χ2n) is 7.06. The summed E-state index contributed by atoms with van der Waals surface area (Å²) in [5.41, 5.74) is 2.93. The number of rotatable bonds is 6. The molecular formula is C23H23N3O3S. The maximum atomic E-state index is 12.7. The number of carbonyl (C=O) groups is 2. The maximum absolute atomic E-state index is 12.7. The van der Waals surface area contributed by atoms with Crippen LogP contribution in [0.15, 0.2) is 71.3 Å². The number of furan rings is 1. The Morgan fingerprint density at radius 1 is 0.900 bits per heavy atom. The van der Waals surface area contributed by atoms with Crippen LogP contribution in [0.25, 0.3) is 0 Å². The Morgan fingerprint density at radius 2 is 1.63 bits per heavy atom. The van der Waals surface area contributed by atoms with Crippen LogP contribution in [0.1, 0.15) is 26.5 Å². The van der Waals surface area contributed by atoms with Crippen LogP contribution in [-0.4, -0.2) is 41.3 Å². The van der Waals surface area contributed by atoms with Gasteiger partial charge in [0.15, 0.2) is 5.76 Å². The Morgan fingerprint density at radius 3 is 2.40 bits per heavy atom. The number of nitrogens with one attached hydrogen (secondary N) is 2. The minimum absolute atomic E-state index is 0.217. The lowest BCUT2D eigenvalue weighted by Crippen LogP contribution is -2.31. The summed E-state index contributed by atoms with van der Waals surface area (Å²) in [7, 11) is 0. The van der Waals surface area contributed by atoms with Crippen molar-refractivity contribution in [3.05, 3.63) is 83.8 Å². The van der Waals surface area contributed by atoms with E-state index < -0.39 is 0 Å². The number of amides is 2. The summed E-state index contributed by atoms with van der Waals surface area (Å²) in [6, 6.07) is 18.0. The van der Waals surface area contributed by atoms with Crippen LogP contribution >= 0.6 is 11.8 Å². The Labute approximate surface area is 179 Å². The lowest BCUT2D eigenvalue weighted by molar-refractivity contribution is 0.0993. The molecule has 2 N–H and O–H groups in total. The van der Waals surface area contributed by atoms with Gasteiger partial charge in [0, 0.05) is 48.1 Å². The number of benzene rings is 2. The molecule has 0 radical (unpaired) electrons. The number of hydrogen-bond donors (Lipinski definition) is 2. The average molecular weight is 422 g/mol. The van der Waals surface area contributed by atoms with Gasteiger partial charge < -0.3 is 15.1 Å². The van der Waals surface area contributed by atoms with Crippen LogP contribution in [0, 0.1) is 0 Å². The van der Waals surface area contributed by atoms with Gasteiger partial charge in [-0.05, 0) is 48.0 Å². The molecule has 1 saturated heterocycles. The van der Waals surface area contributed by atoms with Crippen LogP contribution < -0.4 is 10.6 Å². The highest BCUT2D eigenvalue weighted by atomic mass is 32.2. The largest absolute Gasteiger partial charge is 0.459 e. The van der Waals surface area contributed by atoms with Gasteiger partial charge in [0.1, 0.15) is 0 Å². The van der Waals surface area contributed by atoms with Crippen molar-refractivity contribution in [2.75, 3.05) is 35.2 Å². The van der Waals surface area contributed by atoms with Crippen molar-refractivity contribution >= 4 is 35.0 Å². The van der Waals surface area contributed by atoms with E-state index >= 15 is 0 Å². The molecule has 0 bridgehead atoms. The van der Waals surface area contributed by atoms with Crippen LogP contribution in [-0.2, 0) is 6.54 Å². The lowest BCUT2D eigenvalue weighted by atomic mass is 10.1. The van der Waals surface area contributed by atoms with E-state index in [1.807, 2.05) is 30.0 Å². The zero-order chi connectivity index (χ0) is 20.8. The summed E-state index contributed by atoms with van der Waals surface area (Å²) in [6.45, 7) is 3.08. The molecule has 3 aromatic rings. The monoisotopic (exact) mass is 421 g/mol. The van der Waals surface area contributed by atoms with Crippen molar-refractivity contribution < 1.29 is 14.0 Å². The van der Waals surface area contributed by atoms with E-state index in [0.717, 1.165) is 25.3 Å². The molecule has 2 amide bonds. The molecule has 4 rings (SSSR count). The van der Waals surface area contributed by atoms with E-state index in [9.17, 15) is 9.59 Å². The molecule has 0 saturated carbocycles. The topological polar surface area (TPSA) is 74.6 Å². The van der Waals surface area contributed by atoms with E-state index in [2.05, 4.69) is 21.6 Å². The van der Waals surface area contributed by atoms with Gasteiger partial charge in [0.25, 0.3) is 11.8 Å². The lowest BCUT2D eigenvalue weighted by Gasteiger charge is -2.26. The molecule has 7 heteroatoms. The number of hydrogen-bond acceptors (Lipinski definition) is 5. The molecule has 1 aromatic heterocycles. The highest BCUT2D eigenvalue weighted by Crippen LogP contribution is 2.18. The third-order valence-electron chi connectivity index (χ3n) is 4.82. The molecular weight excluding hydrogens is 398 g/mol. The molecule has 2 heterocycles. The average Bonchev–Trinajstić information content (AvgIpc) is 3.30. The van der Waals surface area contributed by atoms with Crippen LogP contribution in [0.2, 0.25) is 0 Å². The smallest absolute Gasteiger partial charge is 0.291 e. The molecule has 154 valence electrons. The predicted molar refractivity (Wildman–Crippen MR) is 120 cm³/mol. The van der Waals surface area contributed by atoms with Gasteiger partial charge in [-0.2, -0.15) is 11.8 Å². The highest BCUT2D eigenvalue weighted by molar-refractivity contribution is 7.99. The first-order valence-electron chi connectivity index (χ1n) is 9.83. The summed E-state index contributed by atoms with van der Waals surface area (Å²) in [6.07, 6.45) is 1.44. The highest BCUT2D eigenvalue weighted by Gasteiger charge is 2.13. The van der Waals surface area contributed by atoms with Gasteiger partial charge >= 0.3 is 0 Å². The van der Waals surface area contributed by atoms with Crippen molar-refractivity contribution in [1.29, 1.82) is 0 Å². The molecule has 1 fully saturated rings. The minimum atomic E-state index is -0.360. The standard InChI is InChI=1S/C23H23N3O3S/c27-22(18-5-2-7-20(15-18)25-23(28)21-8-3-11-29-21)24-19-6-1-4-17(14-19)16-26-9-12-30-13-10-26/h1-8,11,14-15H,9-10,12-13,16H2,(H,24,27)(H,25,28). The molecule has 0 unspecified atom stereocenters. The molecule has 2 aromatic carbocycles. The van der Waals surface area contributed by atoms with Gasteiger partial charge in [-0.3, -0.25) is 14.5 Å². The first-order valence-corrected chi connectivity index (χ1v) is 11.0. The SMILES string of the molecule is O=C(Nc1cccc(CN2CCSCC2)c1)c1cccc(NC(=O)c2ccco2)c1. The molecule has 1 aliphatic rings. The van der Waals surface area contributed by atoms with Crippen LogP contribution in [0.3, 0.4) is 0 Å². The summed E-state index contributed by atoms with van der Waals surface area (Å²) >= 11 is 1.99. The number of thioether (sulfide) groups is 1. The Kier molecular flexibility index (Phi) is 6.51. The second-order valence-corrected chi connectivity index (χ2v) is 8.28. The van der Waals surface area contributed by atoms with Gasteiger partial charge in [-0.15, -0.1) is 0 Å². The summed E-state index contributed by atoms with van der Waals surface area (Å²) in [5, 5.41) is 5.69. The maximum Gasteiger partial charge on any atom is 0.291 e. The van der Waals surface area contributed by atoms with Gasteiger partial charge in [0.2, 0.25) is 0 Å². The molecule has 0 aliphatic carbocycles. The fourth-order valence-electron chi connectivity index (χ4n) is 3.31. The van der Waals surface area contributed by atoms with Crippen molar-refractivity contribution in [1.82, 2.24) is 4.90 Å². The Hall–Kier alpha value is -3.03. The first-order chi connectivity index (χ1) is 14.7. The summed E-state index contributed by atoms with van der Waals surface area (Å²) in [4.78, 5) is 27.3. The van der Waals surface area contributed by atoms with Crippen molar-refractivity contribution in [2.45, 2.75) is 6.54 Å². The van der Waals surface area contributed by atoms with Crippen molar-refractivity contribution in [3.8, 4) is 0 Å². The zero-order valence-corrected chi connectivity index (χ0v) is 17.3. The number of nitrogens with zero attached hydrogens (tertiary/aromatic N) is 1. The fourth-order valence-corrected chi connectivity index (χ4v) is 4.29. The zero-order valence-electron chi connectivity index (χ0n) is 16.5. The van der Waals surface area contributed by atoms with Crippen LogP contribution in [0.5, 0.6) is 0 Å². The Balaban J connectivity index is 1.40. The van der Waals surface area contributed by atoms with Crippen molar-refractivity contribution in [2.24, 2.45) is 0 Å². The fraction of sp³-hybridized carbons (Fsp3) is 0.217. The van der Waals surface area contributed by atoms with Crippen molar-refractivity contribution in [3.63, 3.8) is 0 Å². The number of carbonyl (C=O) groups excluding carboxylic acids is 2. The Bertz CT molecular complexity index is 1010. The summed E-state index contributed by atoms with van der Waals surface area (Å²) < 4.78 is 5.09. The molecule has 0 atom stereocenters. The number of anilines is 2. The third kappa shape index (κ3) is 5.31. The van der Waals surface area contributed by atoms with E-state index in [1.54, 1.807) is 36.4 Å². The van der Waals surface area contributed by atoms with Crippen LogP contribution in [0.4, 0.5) is 11.4 Å². The van der Waals surface area contributed by atoms with Gasteiger partial charge in [-0.25, -0.2) is 0 Å². The quantitative estimate of drug-likeness (QED) is 0.620. The van der Waals surface area contributed by atoms with E-state index in [-0.39, 0.29) is 17.6 Å². The normalized spacial score (nSPS) is 14.3. The van der Waals surface area contributed by atoms with Gasteiger partial charge in [0.05, 0.1) is 6.26 Å². The van der Waals surface area contributed by atoms with Gasteiger partial charge in [-0.1, -0.05) is 18.2 Å². The minimum Gasteiger partial charge on any atom is -0.459 e. The molecule has 1 aliphatic heterocycles. The van der Waals surface area contributed by atoms with E-state index in [4.69, 9.17) is 4.42 Å². The van der Waals surface area contributed by atoms with E-state index in [0.29, 0.717) is 11.3 Å². The van der Waals surface area contributed by atoms with E-state index in [1.165, 1.54) is 23.3 Å².